The standard InChI is InChI=1S/C21H31N7O3/c1-13-26-27-19-18(22-10-6-7-11-23-20(30)31-21(3,4)5)25-16-9-8-15(24-14(2)29)12-17(16)28(13)19/h8-9,12,20,23,30H,6-7,10-11H2,1-5H3,(H,22,25)(H,24,29). The highest BCUT2D eigenvalue weighted by atomic mass is 16.6. The van der Waals surface area contributed by atoms with Crippen LogP contribution in [0.1, 0.15) is 46.4 Å². The van der Waals surface area contributed by atoms with Gasteiger partial charge in [-0.25, -0.2) is 4.98 Å². The quantitative estimate of drug-likeness (QED) is 0.302. The first kappa shape index (κ1) is 22.9. The molecule has 0 bridgehead atoms. The summed E-state index contributed by atoms with van der Waals surface area (Å²) in [5.74, 6) is 1.26. The van der Waals surface area contributed by atoms with Crippen molar-refractivity contribution in [3.63, 3.8) is 0 Å². The molecule has 0 aliphatic rings. The molecule has 168 valence electrons. The Kier molecular flexibility index (Phi) is 7.04. The molecule has 10 nitrogen and oxygen atoms in total. The maximum Gasteiger partial charge on any atom is 0.221 e. The molecule has 1 aromatic carbocycles. The summed E-state index contributed by atoms with van der Waals surface area (Å²) in [6, 6.07) is 5.56. The minimum Gasteiger partial charge on any atom is -0.367 e. The van der Waals surface area contributed by atoms with Crippen LogP contribution in [0.5, 0.6) is 0 Å². The molecule has 31 heavy (non-hydrogen) atoms. The summed E-state index contributed by atoms with van der Waals surface area (Å²) in [5.41, 5.74) is 2.53. The van der Waals surface area contributed by atoms with Crippen LogP contribution in [0.3, 0.4) is 0 Å². The number of ether oxygens (including phenoxy) is 1. The predicted octanol–water partition coefficient (Wildman–Crippen LogP) is 2.42. The first-order valence-electron chi connectivity index (χ1n) is 10.4. The van der Waals surface area contributed by atoms with E-state index < -0.39 is 12.0 Å². The van der Waals surface area contributed by atoms with Crippen LogP contribution in [0.25, 0.3) is 16.7 Å². The molecule has 4 N–H and O–H groups in total. The lowest BCUT2D eigenvalue weighted by atomic mass is 10.2. The van der Waals surface area contributed by atoms with Crippen molar-refractivity contribution in [2.24, 2.45) is 0 Å². The third-order valence-corrected chi connectivity index (χ3v) is 4.49. The number of aromatic nitrogens is 4. The number of rotatable bonds is 9. The van der Waals surface area contributed by atoms with Gasteiger partial charge in [-0.2, -0.15) is 0 Å². The van der Waals surface area contributed by atoms with Crippen LogP contribution in [0.4, 0.5) is 11.5 Å². The van der Waals surface area contributed by atoms with Crippen LogP contribution in [-0.4, -0.2) is 55.7 Å². The highest BCUT2D eigenvalue weighted by Gasteiger charge is 2.16. The first-order chi connectivity index (χ1) is 14.6. The van der Waals surface area contributed by atoms with E-state index in [-0.39, 0.29) is 5.91 Å². The number of carbonyl (C=O) groups is 1. The largest absolute Gasteiger partial charge is 0.367 e. The Labute approximate surface area is 181 Å². The molecule has 0 fully saturated rings. The Bertz CT molecular complexity index is 1060. The zero-order valence-corrected chi connectivity index (χ0v) is 18.7. The summed E-state index contributed by atoms with van der Waals surface area (Å²) < 4.78 is 7.34. The van der Waals surface area contributed by atoms with E-state index in [1.807, 2.05) is 50.3 Å². The van der Waals surface area contributed by atoms with E-state index in [9.17, 15) is 9.90 Å². The average Bonchev–Trinajstić information content (AvgIpc) is 3.05. The number of anilines is 2. The summed E-state index contributed by atoms with van der Waals surface area (Å²) in [6.45, 7) is 10.4. The van der Waals surface area contributed by atoms with Gasteiger partial charge in [-0.3, -0.25) is 14.5 Å². The van der Waals surface area contributed by atoms with Crippen LogP contribution < -0.4 is 16.0 Å². The number of nitrogens with zero attached hydrogens (tertiary/aromatic N) is 4. The summed E-state index contributed by atoms with van der Waals surface area (Å²) in [6.07, 6.45) is 0.749. The Balaban J connectivity index is 1.64. The monoisotopic (exact) mass is 429 g/mol. The number of nitrogens with one attached hydrogen (secondary N) is 3. The Morgan fingerprint density at radius 2 is 1.97 bits per heavy atom. The summed E-state index contributed by atoms with van der Waals surface area (Å²) in [5, 5.41) is 27.4. The highest BCUT2D eigenvalue weighted by Crippen LogP contribution is 2.24. The van der Waals surface area contributed by atoms with Crippen molar-refractivity contribution in [1.82, 2.24) is 24.9 Å². The van der Waals surface area contributed by atoms with Gasteiger partial charge in [0.2, 0.25) is 18.0 Å². The number of hydrogen-bond acceptors (Lipinski definition) is 8. The van der Waals surface area contributed by atoms with Crippen molar-refractivity contribution < 1.29 is 14.6 Å². The minimum atomic E-state index is -0.976. The van der Waals surface area contributed by atoms with E-state index in [1.165, 1.54) is 6.92 Å². The molecular formula is C21H31N7O3. The van der Waals surface area contributed by atoms with E-state index >= 15 is 0 Å². The second-order valence-electron chi connectivity index (χ2n) is 8.42. The lowest BCUT2D eigenvalue weighted by molar-refractivity contribution is -0.181. The van der Waals surface area contributed by atoms with E-state index in [4.69, 9.17) is 9.72 Å². The lowest BCUT2D eigenvalue weighted by Crippen LogP contribution is -2.38. The predicted molar refractivity (Wildman–Crippen MR) is 120 cm³/mol. The third-order valence-electron chi connectivity index (χ3n) is 4.49. The van der Waals surface area contributed by atoms with Crippen molar-refractivity contribution in [3.8, 4) is 0 Å². The second-order valence-corrected chi connectivity index (χ2v) is 8.42. The maximum absolute atomic E-state index is 11.4. The normalized spacial score (nSPS) is 13.0. The smallest absolute Gasteiger partial charge is 0.221 e. The number of hydrogen-bond donors (Lipinski definition) is 4. The molecule has 1 atom stereocenters. The number of benzene rings is 1. The molecule has 3 rings (SSSR count). The van der Waals surface area contributed by atoms with Gasteiger partial charge in [0.05, 0.1) is 16.6 Å². The van der Waals surface area contributed by atoms with Crippen molar-refractivity contribution in [2.45, 2.75) is 59.5 Å². The van der Waals surface area contributed by atoms with Crippen LogP contribution in [0.2, 0.25) is 0 Å². The van der Waals surface area contributed by atoms with Crippen LogP contribution >= 0.6 is 0 Å². The van der Waals surface area contributed by atoms with Gasteiger partial charge in [0.1, 0.15) is 5.82 Å². The fourth-order valence-corrected chi connectivity index (χ4v) is 3.23. The fraction of sp³-hybridized carbons (Fsp3) is 0.524. The number of carbonyl (C=O) groups excluding carboxylic acids is 1. The van der Waals surface area contributed by atoms with Gasteiger partial charge in [0.25, 0.3) is 0 Å². The molecule has 2 aromatic heterocycles. The molecule has 3 aromatic rings. The van der Waals surface area contributed by atoms with Crippen molar-refractivity contribution in [1.29, 1.82) is 0 Å². The molecule has 2 heterocycles. The van der Waals surface area contributed by atoms with Gasteiger partial charge in [-0.05, 0) is 65.3 Å². The van der Waals surface area contributed by atoms with Crippen molar-refractivity contribution in [3.05, 3.63) is 24.0 Å². The highest BCUT2D eigenvalue weighted by molar-refractivity contribution is 5.92. The molecule has 1 unspecified atom stereocenters. The fourth-order valence-electron chi connectivity index (χ4n) is 3.23. The Morgan fingerprint density at radius 3 is 2.68 bits per heavy atom. The maximum atomic E-state index is 11.4. The average molecular weight is 430 g/mol. The molecule has 10 heteroatoms. The van der Waals surface area contributed by atoms with E-state index in [2.05, 4.69) is 26.1 Å². The van der Waals surface area contributed by atoms with Gasteiger partial charge < -0.3 is 20.5 Å². The molecule has 0 aliphatic carbocycles. The van der Waals surface area contributed by atoms with E-state index in [1.54, 1.807) is 0 Å². The number of aryl methyl sites for hydroxylation is 1. The number of aliphatic hydroxyl groups is 1. The number of unbranched alkanes of at least 4 members (excludes halogenated alkanes) is 1. The van der Waals surface area contributed by atoms with Gasteiger partial charge in [0, 0.05) is 19.2 Å². The van der Waals surface area contributed by atoms with Crippen molar-refractivity contribution in [2.75, 3.05) is 23.7 Å². The second kappa shape index (κ2) is 9.54. The van der Waals surface area contributed by atoms with E-state index in [0.29, 0.717) is 30.2 Å². The molecule has 0 radical (unpaired) electrons. The summed E-state index contributed by atoms with van der Waals surface area (Å²) >= 11 is 0. The Morgan fingerprint density at radius 1 is 1.23 bits per heavy atom. The zero-order valence-electron chi connectivity index (χ0n) is 18.7. The summed E-state index contributed by atoms with van der Waals surface area (Å²) in [4.78, 5) is 16.1. The molecular weight excluding hydrogens is 398 g/mol. The van der Waals surface area contributed by atoms with Crippen LogP contribution in [-0.2, 0) is 9.53 Å². The van der Waals surface area contributed by atoms with Gasteiger partial charge in [0.15, 0.2) is 5.82 Å². The lowest BCUT2D eigenvalue weighted by Gasteiger charge is -2.24. The molecule has 0 aliphatic heterocycles. The molecule has 1 amide bonds. The molecule has 0 spiro atoms. The van der Waals surface area contributed by atoms with Gasteiger partial charge >= 0.3 is 0 Å². The third kappa shape index (κ3) is 6.09. The molecule has 0 saturated carbocycles. The van der Waals surface area contributed by atoms with Crippen LogP contribution in [0.15, 0.2) is 18.2 Å². The Hall–Kier alpha value is -2.82. The zero-order chi connectivity index (χ0) is 22.6. The number of fused-ring (bicyclic) bond motifs is 3. The first-order valence-corrected chi connectivity index (χ1v) is 10.4. The number of aliphatic hydroxyl groups excluding tert-OH is 1. The van der Waals surface area contributed by atoms with Crippen molar-refractivity contribution >= 4 is 34.1 Å². The molecule has 0 saturated heterocycles. The van der Waals surface area contributed by atoms with Gasteiger partial charge in [-0.1, -0.05) is 0 Å². The van der Waals surface area contributed by atoms with Gasteiger partial charge in [-0.15, -0.1) is 10.2 Å². The summed E-state index contributed by atoms with van der Waals surface area (Å²) in [7, 11) is 0. The van der Waals surface area contributed by atoms with E-state index in [0.717, 1.165) is 29.7 Å². The SMILES string of the molecule is CC(=O)Nc1ccc2nc(NCCCCNC(O)OC(C)(C)C)c3nnc(C)n3c2c1. The number of amides is 1. The minimum absolute atomic E-state index is 0.130. The topological polar surface area (TPSA) is 126 Å². The van der Waals surface area contributed by atoms with Crippen LogP contribution in [0, 0.1) is 6.92 Å².